The summed E-state index contributed by atoms with van der Waals surface area (Å²) < 4.78 is 6.58. The van der Waals surface area contributed by atoms with E-state index >= 15 is 0 Å². The van der Waals surface area contributed by atoms with E-state index in [0.717, 1.165) is 66.8 Å². The number of nitrogens with zero attached hydrogens (tertiary/aromatic N) is 4. The molecule has 0 N–H and O–H groups in total. The first-order valence-electron chi connectivity index (χ1n) is 20.1. The van der Waals surface area contributed by atoms with Crippen molar-refractivity contribution in [2.75, 3.05) is 4.90 Å². The molecule has 5 nitrogen and oxygen atoms in total. The molecule has 9 aromatic carbocycles. The van der Waals surface area contributed by atoms with Crippen LogP contribution >= 0.6 is 0 Å². The molecule has 5 heteroatoms. The molecule has 2 heterocycles. The number of aromatic nitrogens is 3. The molecule has 0 amide bonds. The molecule has 0 radical (unpaired) electrons. The third-order valence-electron chi connectivity index (χ3n) is 11.1. The van der Waals surface area contributed by atoms with Gasteiger partial charge >= 0.3 is 0 Å². The summed E-state index contributed by atoms with van der Waals surface area (Å²) in [6.07, 6.45) is 0. The number of hydrogen-bond acceptors (Lipinski definition) is 5. The van der Waals surface area contributed by atoms with Gasteiger partial charge < -0.3 is 9.32 Å². The van der Waals surface area contributed by atoms with E-state index in [4.69, 9.17) is 19.4 Å². The van der Waals surface area contributed by atoms with Crippen LogP contribution in [0.5, 0.6) is 0 Å². The Balaban J connectivity index is 0.935. The number of benzene rings is 9. The van der Waals surface area contributed by atoms with Gasteiger partial charge in [0.05, 0.1) is 0 Å². The van der Waals surface area contributed by atoms with Crippen molar-refractivity contribution in [1.29, 1.82) is 0 Å². The Morgan fingerprint density at radius 2 is 0.683 bits per heavy atom. The topological polar surface area (TPSA) is 55.1 Å². The van der Waals surface area contributed by atoms with Crippen LogP contribution in [0.4, 0.5) is 17.1 Å². The van der Waals surface area contributed by atoms with E-state index in [1.54, 1.807) is 0 Å². The van der Waals surface area contributed by atoms with Crippen LogP contribution in [-0.2, 0) is 0 Å². The molecule has 11 aromatic rings. The molecule has 282 valence electrons. The number of anilines is 3. The van der Waals surface area contributed by atoms with Crippen molar-refractivity contribution < 1.29 is 4.42 Å². The van der Waals surface area contributed by atoms with Crippen LogP contribution in [-0.4, -0.2) is 15.0 Å². The lowest BCUT2D eigenvalue weighted by atomic mass is 10.0. The number of fused-ring (bicyclic) bond motifs is 4. The molecule has 0 fully saturated rings. The molecule has 0 unspecified atom stereocenters. The fraction of sp³-hybridized carbons (Fsp3) is 0. The highest BCUT2D eigenvalue weighted by molar-refractivity contribution is 6.07. The van der Waals surface area contributed by atoms with Crippen LogP contribution in [0.25, 0.3) is 89.1 Å². The van der Waals surface area contributed by atoms with Crippen molar-refractivity contribution in [3.8, 4) is 56.4 Å². The first kappa shape index (κ1) is 35.0. The van der Waals surface area contributed by atoms with Gasteiger partial charge in [-0.25, -0.2) is 15.0 Å². The highest BCUT2D eigenvalue weighted by atomic mass is 16.3. The maximum Gasteiger partial charge on any atom is 0.164 e. The largest absolute Gasteiger partial charge is 0.456 e. The van der Waals surface area contributed by atoms with Crippen molar-refractivity contribution in [3.63, 3.8) is 0 Å². The fourth-order valence-corrected chi connectivity index (χ4v) is 8.03. The zero-order valence-electron chi connectivity index (χ0n) is 32.5. The molecule has 11 rings (SSSR count). The van der Waals surface area contributed by atoms with Crippen LogP contribution < -0.4 is 4.90 Å². The molecule has 0 aliphatic carbocycles. The van der Waals surface area contributed by atoms with Gasteiger partial charge in [-0.2, -0.15) is 0 Å². The molecule has 0 bridgehead atoms. The standard InChI is InChI=1S/C55H36N4O/c1-4-12-37(13-5-1)39-20-27-46(28-21-39)59(48-31-24-38-14-10-11-19-43(38)34-48)47-29-22-40(23-30-47)44-25-32-49-50-33-26-45(36-52(50)60-51(49)35-44)55-57-53(41-15-6-2-7-16-41)56-54(58-55)42-17-8-3-9-18-42/h1-36H. The van der Waals surface area contributed by atoms with Crippen molar-refractivity contribution >= 4 is 49.8 Å². The van der Waals surface area contributed by atoms with Crippen molar-refractivity contribution in [3.05, 3.63) is 218 Å². The first-order chi connectivity index (χ1) is 29.7. The van der Waals surface area contributed by atoms with Crippen LogP contribution in [0, 0.1) is 0 Å². The van der Waals surface area contributed by atoms with Crippen molar-refractivity contribution in [2.45, 2.75) is 0 Å². The summed E-state index contributed by atoms with van der Waals surface area (Å²) in [6.45, 7) is 0. The summed E-state index contributed by atoms with van der Waals surface area (Å²) in [5.41, 5.74) is 12.2. The van der Waals surface area contributed by atoms with Gasteiger partial charge in [0, 0.05) is 44.5 Å². The van der Waals surface area contributed by atoms with Crippen molar-refractivity contribution in [2.24, 2.45) is 0 Å². The van der Waals surface area contributed by atoms with Crippen LogP contribution in [0.3, 0.4) is 0 Å². The molecule has 0 aliphatic heterocycles. The minimum atomic E-state index is 0.593. The molecule has 0 saturated heterocycles. The lowest BCUT2D eigenvalue weighted by Gasteiger charge is -2.26. The van der Waals surface area contributed by atoms with E-state index in [0.29, 0.717) is 17.5 Å². The van der Waals surface area contributed by atoms with Crippen LogP contribution in [0.1, 0.15) is 0 Å². The molecular formula is C55H36N4O. The summed E-state index contributed by atoms with van der Waals surface area (Å²) in [6, 6.07) is 76.0. The molecule has 0 spiro atoms. The minimum Gasteiger partial charge on any atom is -0.456 e. The molecule has 2 aromatic heterocycles. The van der Waals surface area contributed by atoms with Gasteiger partial charge in [-0.3, -0.25) is 0 Å². The van der Waals surface area contributed by atoms with E-state index in [2.05, 4.69) is 157 Å². The molecule has 0 aliphatic rings. The third-order valence-corrected chi connectivity index (χ3v) is 11.1. The number of furan rings is 1. The third kappa shape index (κ3) is 6.64. The Bertz CT molecular complexity index is 3230. The summed E-state index contributed by atoms with van der Waals surface area (Å²) in [5, 5.41) is 4.52. The van der Waals surface area contributed by atoms with Gasteiger partial charge in [0.2, 0.25) is 0 Å². The number of hydrogen-bond donors (Lipinski definition) is 0. The zero-order chi connectivity index (χ0) is 39.8. The molecule has 0 saturated carbocycles. The van der Waals surface area contributed by atoms with E-state index in [1.165, 1.54) is 21.9 Å². The normalized spacial score (nSPS) is 11.3. The summed E-state index contributed by atoms with van der Waals surface area (Å²) in [7, 11) is 0. The second-order valence-corrected chi connectivity index (χ2v) is 14.9. The average Bonchev–Trinajstić information content (AvgIpc) is 3.70. The van der Waals surface area contributed by atoms with E-state index in [-0.39, 0.29) is 0 Å². The highest BCUT2D eigenvalue weighted by Gasteiger charge is 2.17. The molecule has 60 heavy (non-hydrogen) atoms. The van der Waals surface area contributed by atoms with Crippen molar-refractivity contribution in [1.82, 2.24) is 15.0 Å². The first-order valence-corrected chi connectivity index (χ1v) is 20.1. The maximum absolute atomic E-state index is 6.58. The second kappa shape index (κ2) is 15.0. The Labute approximate surface area is 347 Å². The van der Waals surface area contributed by atoms with Crippen LogP contribution in [0.2, 0.25) is 0 Å². The van der Waals surface area contributed by atoms with Gasteiger partial charge in [-0.15, -0.1) is 0 Å². The van der Waals surface area contributed by atoms with E-state index < -0.39 is 0 Å². The quantitative estimate of drug-likeness (QED) is 0.154. The predicted molar refractivity (Wildman–Crippen MR) is 246 cm³/mol. The highest BCUT2D eigenvalue weighted by Crippen LogP contribution is 2.39. The number of rotatable bonds is 8. The van der Waals surface area contributed by atoms with Gasteiger partial charge in [0.25, 0.3) is 0 Å². The zero-order valence-corrected chi connectivity index (χ0v) is 32.5. The summed E-state index contributed by atoms with van der Waals surface area (Å²) in [5.74, 6) is 1.85. The Morgan fingerprint density at radius 3 is 1.25 bits per heavy atom. The lowest BCUT2D eigenvalue weighted by Crippen LogP contribution is -2.09. The average molecular weight is 769 g/mol. The minimum absolute atomic E-state index is 0.593. The van der Waals surface area contributed by atoms with Gasteiger partial charge in [0.1, 0.15) is 11.2 Å². The lowest BCUT2D eigenvalue weighted by molar-refractivity contribution is 0.669. The van der Waals surface area contributed by atoms with Gasteiger partial charge in [0.15, 0.2) is 17.5 Å². The van der Waals surface area contributed by atoms with Crippen LogP contribution in [0.15, 0.2) is 223 Å². The summed E-state index contributed by atoms with van der Waals surface area (Å²) >= 11 is 0. The smallest absolute Gasteiger partial charge is 0.164 e. The van der Waals surface area contributed by atoms with Gasteiger partial charge in [-0.05, 0) is 93.7 Å². The molecule has 0 atom stereocenters. The molecular weight excluding hydrogens is 733 g/mol. The SMILES string of the molecule is c1ccc(-c2ccc(N(c3ccc(-c4ccc5c(c4)oc4cc(-c6nc(-c7ccccc7)nc(-c7ccccc7)n6)ccc45)cc3)c3ccc4ccccc4c3)cc2)cc1. The second-order valence-electron chi connectivity index (χ2n) is 14.9. The van der Waals surface area contributed by atoms with E-state index in [9.17, 15) is 0 Å². The monoisotopic (exact) mass is 768 g/mol. The van der Waals surface area contributed by atoms with Gasteiger partial charge in [-0.1, -0.05) is 158 Å². The predicted octanol–water partition coefficient (Wildman–Crippen LogP) is 14.7. The maximum atomic E-state index is 6.58. The Morgan fingerprint density at radius 1 is 0.283 bits per heavy atom. The Hall–Kier alpha value is -8.15. The Kier molecular flexibility index (Phi) is 8.75. The van der Waals surface area contributed by atoms with E-state index in [1.807, 2.05) is 66.7 Å². The fourth-order valence-electron chi connectivity index (χ4n) is 8.03. The summed E-state index contributed by atoms with van der Waals surface area (Å²) in [4.78, 5) is 17.0.